The molecule has 51 heavy (non-hydrogen) atoms. The second kappa shape index (κ2) is 22.2. The third-order valence-corrected chi connectivity index (χ3v) is 13.9. The fourth-order valence-electron chi connectivity index (χ4n) is 11.1. The number of hydrogen-bond acceptors (Lipinski definition) is 3. The van der Waals surface area contributed by atoms with E-state index in [0.717, 1.165) is 67.6 Å². The number of allylic oxidation sites excluding steroid dienone is 5. The minimum atomic E-state index is -1.83. The Balaban J connectivity index is 0.00000166. The predicted molar refractivity (Wildman–Crippen MR) is 213 cm³/mol. The predicted octanol–water partition coefficient (Wildman–Crippen LogP) is 14.0. The van der Waals surface area contributed by atoms with Gasteiger partial charge >= 0.3 is 12.1 Å². The molecule has 0 spiro atoms. The normalized spacial score (nSPS) is 30.6. The molecule has 5 nitrogen and oxygen atoms in total. The topological polar surface area (TPSA) is 83.8 Å². The highest BCUT2D eigenvalue weighted by atomic mass is 16.6. The van der Waals surface area contributed by atoms with E-state index in [1.807, 2.05) is 0 Å². The Morgan fingerprint density at radius 3 is 2.18 bits per heavy atom. The van der Waals surface area contributed by atoms with Crippen LogP contribution in [0.5, 0.6) is 0 Å². The molecule has 8 atom stereocenters. The van der Waals surface area contributed by atoms with Crippen molar-refractivity contribution in [2.24, 2.45) is 46.3 Å². The third-order valence-electron chi connectivity index (χ3n) is 13.9. The van der Waals surface area contributed by atoms with Crippen LogP contribution in [0.25, 0.3) is 0 Å². The second-order valence-corrected chi connectivity index (χ2v) is 17.9. The van der Waals surface area contributed by atoms with Crippen molar-refractivity contribution in [3.05, 3.63) is 36.0 Å². The van der Waals surface area contributed by atoms with E-state index in [0.29, 0.717) is 17.3 Å². The first-order chi connectivity index (χ1) is 24.4. The molecule has 3 saturated carbocycles. The van der Waals surface area contributed by atoms with Gasteiger partial charge in [0.2, 0.25) is 0 Å². The molecule has 0 amide bonds. The first-order valence-electron chi connectivity index (χ1n) is 21.5. The number of esters is 1. The van der Waals surface area contributed by atoms with Crippen LogP contribution in [0.4, 0.5) is 4.79 Å². The lowest BCUT2D eigenvalue weighted by Crippen LogP contribution is -2.51. The molecule has 0 aromatic carbocycles. The van der Waals surface area contributed by atoms with Gasteiger partial charge in [-0.05, 0) is 130 Å². The lowest BCUT2D eigenvalue weighted by molar-refractivity contribution is -0.151. The average Bonchev–Trinajstić information content (AvgIpc) is 3.43. The van der Waals surface area contributed by atoms with E-state index in [1.165, 1.54) is 109 Å². The smallest absolute Gasteiger partial charge is 0.462 e. The first-order valence-corrected chi connectivity index (χ1v) is 21.5. The zero-order valence-electron chi connectivity index (χ0n) is 33.8. The van der Waals surface area contributed by atoms with Crippen LogP contribution in [-0.2, 0) is 9.53 Å². The van der Waals surface area contributed by atoms with E-state index in [1.54, 1.807) is 5.57 Å². The highest BCUT2D eigenvalue weighted by Crippen LogP contribution is 2.67. The van der Waals surface area contributed by atoms with Crippen molar-refractivity contribution in [3.8, 4) is 0 Å². The van der Waals surface area contributed by atoms with Crippen LogP contribution >= 0.6 is 0 Å². The molecule has 4 rings (SSSR count). The van der Waals surface area contributed by atoms with Gasteiger partial charge in [-0.3, -0.25) is 4.79 Å². The van der Waals surface area contributed by atoms with Crippen LogP contribution < -0.4 is 0 Å². The standard InChI is InChI=1S/C45H76O2.CH2O3/c1-7-8-9-10-11-12-13-14-15-16-17-18-19-20-21-25-43(46)47-38-30-32-44(5)37(34-38)26-27-39-41-29-28-40(36(4)24-22-23-35(2)3)45(41,6)33-31-42(39)44;2-1(3)4/h11-12,14-15,26,35-36,38-42H,7-10,13,16-25,27-34H2,1-6H3;(H2,2,3,4)/b12-11-,15-14-;/t36-,38?,39?,40-,41?,42?,44+,45-;/m1./s1. The largest absolute Gasteiger partial charge is 0.503 e. The second-order valence-electron chi connectivity index (χ2n) is 17.9. The SMILES string of the molecule is CCCCC/C=C\C/C=C\CCCCCCCC(=O)OC1CC[C@@]2(C)C(=CCC3C2CC[C@@]2(C)C3CC[C@@H]2[C@H](C)CCCC(C)C)C1.O=C(O)O. The summed E-state index contributed by atoms with van der Waals surface area (Å²) in [6.07, 6.45) is 38.7. The van der Waals surface area contributed by atoms with E-state index >= 15 is 0 Å². The summed E-state index contributed by atoms with van der Waals surface area (Å²) in [5.41, 5.74) is 2.52. The van der Waals surface area contributed by atoms with Crippen molar-refractivity contribution in [1.82, 2.24) is 0 Å². The zero-order chi connectivity index (χ0) is 37.3. The minimum Gasteiger partial charge on any atom is -0.462 e. The fourth-order valence-corrected chi connectivity index (χ4v) is 11.1. The van der Waals surface area contributed by atoms with Gasteiger partial charge in [-0.1, -0.05) is 129 Å². The van der Waals surface area contributed by atoms with Crippen molar-refractivity contribution in [2.75, 3.05) is 0 Å². The van der Waals surface area contributed by atoms with Gasteiger partial charge < -0.3 is 14.9 Å². The molecule has 0 radical (unpaired) electrons. The number of carbonyl (C=O) groups excluding carboxylic acids is 1. The first kappa shape index (κ1) is 43.4. The van der Waals surface area contributed by atoms with Crippen molar-refractivity contribution in [3.63, 3.8) is 0 Å². The Hall–Kier alpha value is -2.04. The number of hydrogen-bond donors (Lipinski definition) is 2. The van der Waals surface area contributed by atoms with Crippen LogP contribution in [0.3, 0.4) is 0 Å². The number of unbranched alkanes of at least 4 members (excludes halogenated alkanes) is 8. The van der Waals surface area contributed by atoms with E-state index in [9.17, 15) is 4.79 Å². The summed E-state index contributed by atoms with van der Waals surface area (Å²) < 4.78 is 6.12. The zero-order valence-corrected chi connectivity index (χ0v) is 33.8. The average molecular weight is 711 g/mol. The monoisotopic (exact) mass is 711 g/mol. The lowest BCUT2D eigenvalue weighted by Gasteiger charge is -2.58. The molecule has 0 aromatic rings. The maximum Gasteiger partial charge on any atom is 0.503 e. The molecule has 4 unspecified atom stereocenters. The van der Waals surface area contributed by atoms with Crippen LogP contribution in [0.2, 0.25) is 0 Å². The summed E-state index contributed by atoms with van der Waals surface area (Å²) in [7, 11) is 0. The van der Waals surface area contributed by atoms with E-state index < -0.39 is 6.16 Å². The van der Waals surface area contributed by atoms with Gasteiger partial charge in [-0.15, -0.1) is 0 Å². The van der Waals surface area contributed by atoms with Gasteiger partial charge in [0.15, 0.2) is 0 Å². The highest BCUT2D eigenvalue weighted by molar-refractivity contribution is 5.69. The number of carboxylic acid groups (broad SMARTS) is 2. The van der Waals surface area contributed by atoms with E-state index in [2.05, 4.69) is 71.9 Å². The maximum absolute atomic E-state index is 12.8. The molecule has 4 aliphatic rings. The van der Waals surface area contributed by atoms with Crippen molar-refractivity contribution in [2.45, 2.75) is 195 Å². The number of rotatable bonds is 20. The molecule has 0 heterocycles. The maximum atomic E-state index is 12.8. The van der Waals surface area contributed by atoms with Gasteiger partial charge in [0.05, 0.1) is 0 Å². The summed E-state index contributed by atoms with van der Waals surface area (Å²) in [6.45, 7) is 14.9. The van der Waals surface area contributed by atoms with Gasteiger partial charge in [0.1, 0.15) is 6.10 Å². The van der Waals surface area contributed by atoms with Gasteiger partial charge in [0, 0.05) is 12.8 Å². The Morgan fingerprint density at radius 1 is 0.824 bits per heavy atom. The third kappa shape index (κ3) is 13.4. The Morgan fingerprint density at radius 2 is 1.49 bits per heavy atom. The van der Waals surface area contributed by atoms with Crippen LogP contribution in [0.15, 0.2) is 36.0 Å². The lowest BCUT2D eigenvalue weighted by atomic mass is 9.47. The molecule has 3 fully saturated rings. The van der Waals surface area contributed by atoms with E-state index in [-0.39, 0.29) is 12.1 Å². The van der Waals surface area contributed by atoms with Gasteiger partial charge in [0.25, 0.3) is 0 Å². The fraction of sp³-hybridized carbons (Fsp3) is 0.826. The van der Waals surface area contributed by atoms with Gasteiger partial charge in [-0.2, -0.15) is 0 Å². The Bertz CT molecular complexity index is 1120. The molecule has 0 aliphatic heterocycles. The highest BCUT2D eigenvalue weighted by Gasteiger charge is 2.59. The molecule has 4 aliphatic carbocycles. The molecule has 5 heteroatoms. The van der Waals surface area contributed by atoms with Crippen LogP contribution in [0.1, 0.15) is 189 Å². The summed E-state index contributed by atoms with van der Waals surface area (Å²) in [5, 5.41) is 13.9. The number of carbonyl (C=O) groups is 2. The van der Waals surface area contributed by atoms with Crippen molar-refractivity contribution >= 4 is 12.1 Å². The molecule has 0 saturated heterocycles. The van der Waals surface area contributed by atoms with Crippen LogP contribution in [0, 0.1) is 46.3 Å². The molecular weight excluding hydrogens is 633 g/mol. The Labute approximate surface area is 313 Å². The summed E-state index contributed by atoms with van der Waals surface area (Å²) >= 11 is 0. The summed E-state index contributed by atoms with van der Waals surface area (Å²) in [4.78, 5) is 21.4. The number of fused-ring (bicyclic) bond motifs is 5. The molecule has 0 bridgehead atoms. The van der Waals surface area contributed by atoms with Crippen molar-refractivity contribution < 1.29 is 24.5 Å². The van der Waals surface area contributed by atoms with Gasteiger partial charge in [-0.25, -0.2) is 4.79 Å². The van der Waals surface area contributed by atoms with Crippen molar-refractivity contribution in [1.29, 1.82) is 0 Å². The van der Waals surface area contributed by atoms with Crippen LogP contribution in [-0.4, -0.2) is 28.4 Å². The molecule has 2 N–H and O–H groups in total. The molecule has 0 aromatic heterocycles. The number of ether oxygens (including phenoxy) is 1. The Kier molecular flexibility index (Phi) is 18.9. The summed E-state index contributed by atoms with van der Waals surface area (Å²) in [6, 6.07) is 0. The minimum absolute atomic E-state index is 0.0477. The molecular formula is C46H78O5. The van der Waals surface area contributed by atoms with E-state index in [4.69, 9.17) is 19.7 Å². The molecule has 292 valence electrons. The quantitative estimate of drug-likeness (QED) is 0.0746. The summed E-state index contributed by atoms with van der Waals surface area (Å²) in [5.74, 6) is 5.30.